The van der Waals surface area contributed by atoms with Gasteiger partial charge in [-0.2, -0.15) is 0 Å². The fourth-order valence-electron chi connectivity index (χ4n) is 8.11. The molecule has 1 saturated heterocycles. The zero-order valence-corrected chi connectivity index (χ0v) is 28.5. The van der Waals surface area contributed by atoms with E-state index in [0.29, 0.717) is 8.45 Å². The number of rotatable bonds is 10. The molecule has 4 aromatic carbocycles. The van der Waals surface area contributed by atoms with Crippen molar-refractivity contribution >= 4 is 12.2 Å². The zero-order chi connectivity index (χ0) is 27.8. The van der Waals surface area contributed by atoms with Crippen molar-refractivity contribution in [2.45, 2.75) is 70.3 Å². The average molecular weight is 642 g/mol. The van der Waals surface area contributed by atoms with Crippen LogP contribution >= 0.6 is 0 Å². The molecule has 1 heterocycles. The molecule has 0 nitrogen and oxygen atoms in total. The molecule has 0 spiro atoms. The van der Waals surface area contributed by atoms with Crippen LogP contribution in [0.25, 0.3) is 34.4 Å². The van der Waals surface area contributed by atoms with Gasteiger partial charge in [0.2, 0.25) is 0 Å². The summed E-state index contributed by atoms with van der Waals surface area (Å²) in [4.78, 5) is 0. The first-order valence-electron chi connectivity index (χ1n) is 16.0. The molecule has 1 aliphatic heterocycles. The van der Waals surface area contributed by atoms with Gasteiger partial charge in [0.25, 0.3) is 0 Å². The molecule has 2 aliphatic carbocycles. The molecule has 0 bridgehead atoms. The van der Waals surface area contributed by atoms with Gasteiger partial charge in [0.05, 0.1) is 0 Å². The molecule has 1 fully saturated rings. The van der Waals surface area contributed by atoms with E-state index in [1.807, 2.05) is 0 Å². The minimum absolute atomic E-state index is 0. The van der Waals surface area contributed by atoms with Crippen molar-refractivity contribution in [3.63, 3.8) is 0 Å². The van der Waals surface area contributed by atoms with Crippen LogP contribution < -0.4 is 24.8 Å². The Balaban J connectivity index is 0.00000184. The number of allylic oxidation sites excluding steroid dienone is 2. The van der Waals surface area contributed by atoms with Gasteiger partial charge in [-0.15, -0.1) is 0 Å². The summed E-state index contributed by atoms with van der Waals surface area (Å²) in [5, 5.41) is 0. The van der Waals surface area contributed by atoms with Gasteiger partial charge in [0, 0.05) is 0 Å². The number of benzene rings is 4. The van der Waals surface area contributed by atoms with E-state index in [2.05, 4.69) is 123 Å². The predicted molar refractivity (Wildman–Crippen MR) is 174 cm³/mol. The summed E-state index contributed by atoms with van der Waals surface area (Å²) < 4.78 is 4.40. The summed E-state index contributed by atoms with van der Waals surface area (Å²) in [7, 11) is 0. The van der Waals surface area contributed by atoms with Gasteiger partial charge in [-0.3, -0.25) is 0 Å². The fourth-order valence-corrected chi connectivity index (χ4v) is 18.5. The fraction of sp³-hybridized carbons (Fsp3) is 0.300. The average Bonchev–Trinajstić information content (AvgIpc) is 3.57. The third-order valence-corrected chi connectivity index (χ3v) is 18.4. The van der Waals surface area contributed by atoms with Gasteiger partial charge in [0.15, 0.2) is 0 Å². The van der Waals surface area contributed by atoms with Gasteiger partial charge in [-0.25, -0.2) is 0 Å². The van der Waals surface area contributed by atoms with Crippen LogP contribution in [-0.4, -0.2) is 0 Å². The first-order chi connectivity index (χ1) is 20.2. The maximum atomic E-state index is 2.66. The first-order valence-corrected chi connectivity index (χ1v) is 20.0. The Morgan fingerprint density at radius 1 is 0.535 bits per heavy atom. The Hall–Kier alpha value is -2.35. The Morgan fingerprint density at radius 2 is 0.953 bits per heavy atom. The molecule has 3 aliphatic rings. The van der Waals surface area contributed by atoms with Crippen molar-refractivity contribution in [3.8, 4) is 22.3 Å². The second kappa shape index (κ2) is 13.7. The summed E-state index contributed by atoms with van der Waals surface area (Å²) in [5.74, 6) is 0. The van der Waals surface area contributed by atoms with E-state index in [1.54, 1.807) is 22.3 Å². The maximum Gasteiger partial charge on any atom is -1.00 e. The van der Waals surface area contributed by atoms with Gasteiger partial charge >= 0.3 is 252 Å². The third kappa shape index (κ3) is 5.78. The molecule has 4 aromatic rings. The largest absolute Gasteiger partial charge is 1.00 e. The molecule has 220 valence electrons. The van der Waals surface area contributed by atoms with Gasteiger partial charge in [0.1, 0.15) is 0 Å². The van der Waals surface area contributed by atoms with Crippen LogP contribution in [0.3, 0.4) is 0 Å². The molecule has 2 atom stereocenters. The number of unbranched alkanes of at least 4 members (excludes halogenated alkanes) is 2. The molecule has 2 unspecified atom stereocenters. The SMILES string of the molecule is CCCCC1=Cc2c(-c3ccccc3)cccc2[CH]1[Ti+2]1([CH]2C(CCCC)=Cc3c(-c4ccccc4)cccc32)[CH2][CH2]1.[Cl-].[Cl-]. The molecule has 43 heavy (non-hydrogen) atoms. The number of hydrogen-bond donors (Lipinski definition) is 0. The first kappa shape index (κ1) is 32.1. The van der Waals surface area contributed by atoms with E-state index in [1.165, 1.54) is 81.4 Å². The van der Waals surface area contributed by atoms with Crippen molar-refractivity contribution in [1.29, 1.82) is 0 Å². The van der Waals surface area contributed by atoms with Crippen molar-refractivity contribution in [1.82, 2.24) is 0 Å². The van der Waals surface area contributed by atoms with Crippen LogP contribution in [0.15, 0.2) is 108 Å². The number of halogens is 2. The Morgan fingerprint density at radius 3 is 1.33 bits per heavy atom. The van der Waals surface area contributed by atoms with E-state index in [4.69, 9.17) is 0 Å². The summed E-state index contributed by atoms with van der Waals surface area (Å²) in [6, 6.07) is 36.7. The van der Waals surface area contributed by atoms with E-state index in [0.717, 1.165) is 0 Å². The van der Waals surface area contributed by atoms with Gasteiger partial charge in [-0.1, -0.05) is 0 Å². The number of fused-ring (bicyclic) bond motifs is 2. The summed E-state index contributed by atoms with van der Waals surface area (Å²) in [6.45, 7) is 4.70. The Kier molecular flexibility index (Phi) is 10.2. The molecule has 0 saturated carbocycles. The second-order valence-corrected chi connectivity index (χ2v) is 19.8. The van der Waals surface area contributed by atoms with Crippen molar-refractivity contribution in [2.24, 2.45) is 0 Å². The zero-order valence-electron chi connectivity index (χ0n) is 25.5. The van der Waals surface area contributed by atoms with Crippen LogP contribution in [0.1, 0.15) is 83.1 Å². The molecule has 7 rings (SSSR count). The minimum Gasteiger partial charge on any atom is -1.00 e. The Bertz CT molecular complexity index is 1500. The van der Waals surface area contributed by atoms with Crippen molar-refractivity contribution < 1.29 is 41.4 Å². The smallest absolute Gasteiger partial charge is 1.00 e. The normalized spacial score (nSPS) is 18.2. The van der Waals surface area contributed by atoms with E-state index >= 15 is 0 Å². The van der Waals surface area contributed by atoms with Crippen LogP contribution in [0.5, 0.6) is 0 Å². The number of hydrogen-bond acceptors (Lipinski definition) is 0. The molecule has 0 N–H and O–H groups in total. The third-order valence-electron chi connectivity index (χ3n) is 10.1. The summed E-state index contributed by atoms with van der Waals surface area (Å²) in [5.41, 5.74) is 15.5. The maximum absolute atomic E-state index is 2.66. The monoisotopic (exact) mass is 640 g/mol. The van der Waals surface area contributed by atoms with Crippen LogP contribution in [0.4, 0.5) is 0 Å². The second-order valence-electron chi connectivity index (χ2n) is 12.6. The standard InChI is InChI=1S/2C19H19.C2H4.2ClH.Ti/c2*1-2-3-8-15-13-17-11-7-12-18(19(17)14-15)16-9-5-4-6-10-16;1-2;;;/h2*4-7,9-14H,2-3,8H2,1H3;1-2H2;2*1H;/q;;;;;+2/p-2. The van der Waals surface area contributed by atoms with E-state index in [9.17, 15) is 0 Å². The molecule has 0 aromatic heterocycles. The summed E-state index contributed by atoms with van der Waals surface area (Å²) in [6.07, 6.45) is 13.0. The van der Waals surface area contributed by atoms with E-state index < -0.39 is 16.6 Å². The molecular formula is C40H42Cl2Ti. The molecule has 0 radical (unpaired) electrons. The van der Waals surface area contributed by atoms with Crippen LogP contribution in [0, 0.1) is 0 Å². The Labute approximate surface area is 274 Å². The minimum atomic E-state index is -2.39. The van der Waals surface area contributed by atoms with Gasteiger partial charge < -0.3 is 24.8 Å². The molecule has 3 heteroatoms. The molecular weight excluding hydrogens is 599 g/mol. The van der Waals surface area contributed by atoms with E-state index in [-0.39, 0.29) is 24.8 Å². The van der Waals surface area contributed by atoms with Gasteiger partial charge in [-0.05, 0) is 0 Å². The van der Waals surface area contributed by atoms with Crippen molar-refractivity contribution in [2.75, 3.05) is 0 Å². The predicted octanol–water partition coefficient (Wildman–Crippen LogP) is 5.99. The van der Waals surface area contributed by atoms with Crippen LogP contribution in [-0.2, 0) is 16.6 Å². The topological polar surface area (TPSA) is 0 Å². The summed E-state index contributed by atoms with van der Waals surface area (Å²) >= 11 is -2.39. The van der Waals surface area contributed by atoms with Crippen LogP contribution in [0.2, 0.25) is 9.45 Å². The van der Waals surface area contributed by atoms with Crippen molar-refractivity contribution in [3.05, 3.63) is 130 Å². The molecule has 0 amide bonds. The quantitative estimate of drug-likeness (QED) is 0.187.